The van der Waals surface area contributed by atoms with Gasteiger partial charge in [0.25, 0.3) is 0 Å². The summed E-state index contributed by atoms with van der Waals surface area (Å²) in [5, 5.41) is 2.53. The first-order chi connectivity index (χ1) is 9.56. The van der Waals surface area contributed by atoms with Crippen LogP contribution in [0, 0.1) is 12.7 Å². The number of hydrogen-bond acceptors (Lipinski definition) is 2. The number of hydrogen-bond donors (Lipinski definition) is 1. The van der Waals surface area contributed by atoms with Crippen LogP contribution in [-0.4, -0.2) is 6.09 Å². The van der Waals surface area contributed by atoms with Gasteiger partial charge in [-0.2, -0.15) is 0 Å². The fourth-order valence-electron chi connectivity index (χ4n) is 1.64. The largest absolute Gasteiger partial charge is 0.444 e. The maximum atomic E-state index is 13.3. The van der Waals surface area contributed by atoms with Crippen LogP contribution in [0.2, 0.25) is 0 Å². The number of benzene rings is 2. The van der Waals surface area contributed by atoms with Crippen LogP contribution in [0.1, 0.15) is 11.1 Å². The van der Waals surface area contributed by atoms with Gasteiger partial charge in [-0.1, -0.05) is 46.3 Å². The molecule has 0 spiro atoms. The number of rotatable bonds is 3. The molecule has 0 aromatic heterocycles. The minimum atomic E-state index is -0.616. The molecular weight excluding hydrogens is 325 g/mol. The highest BCUT2D eigenvalue weighted by molar-refractivity contribution is 9.10. The summed E-state index contributed by atoms with van der Waals surface area (Å²) in [7, 11) is 0. The zero-order chi connectivity index (χ0) is 14.5. The Bertz CT molecular complexity index is 617. The molecule has 2 aromatic rings. The maximum Gasteiger partial charge on any atom is 0.411 e. The first kappa shape index (κ1) is 14.5. The van der Waals surface area contributed by atoms with Gasteiger partial charge in [0.05, 0.1) is 5.69 Å². The van der Waals surface area contributed by atoms with Gasteiger partial charge in [0.15, 0.2) is 0 Å². The van der Waals surface area contributed by atoms with Gasteiger partial charge < -0.3 is 4.74 Å². The van der Waals surface area contributed by atoms with Gasteiger partial charge in [0.1, 0.15) is 12.4 Å². The van der Waals surface area contributed by atoms with Gasteiger partial charge in [-0.05, 0) is 30.2 Å². The maximum absolute atomic E-state index is 13.3. The van der Waals surface area contributed by atoms with E-state index in [9.17, 15) is 9.18 Å². The molecule has 0 aliphatic rings. The van der Waals surface area contributed by atoms with Crippen molar-refractivity contribution in [3.05, 3.63) is 63.9 Å². The fourth-order valence-corrected chi connectivity index (χ4v) is 2.08. The molecule has 0 fully saturated rings. The normalized spacial score (nSPS) is 10.2. The van der Waals surface area contributed by atoms with Gasteiger partial charge in [-0.25, -0.2) is 9.18 Å². The molecule has 0 radical (unpaired) electrons. The van der Waals surface area contributed by atoms with Gasteiger partial charge in [-0.3, -0.25) is 5.32 Å². The summed E-state index contributed by atoms with van der Waals surface area (Å²) >= 11 is 3.23. The third-order valence-corrected chi connectivity index (χ3v) is 3.58. The van der Waals surface area contributed by atoms with Crippen LogP contribution in [0.25, 0.3) is 0 Å². The molecule has 20 heavy (non-hydrogen) atoms. The Labute approximate surface area is 124 Å². The van der Waals surface area contributed by atoms with Gasteiger partial charge in [0.2, 0.25) is 0 Å². The summed E-state index contributed by atoms with van der Waals surface area (Å²) in [6, 6.07) is 11.9. The molecular formula is C15H13BrFNO2. The number of anilines is 1. The topological polar surface area (TPSA) is 38.3 Å². The number of nitrogens with one attached hydrogen (secondary N) is 1. The Balaban J connectivity index is 1.98. The third-order valence-electron chi connectivity index (χ3n) is 2.76. The molecule has 5 heteroatoms. The Kier molecular flexibility index (Phi) is 4.74. The molecule has 1 amide bonds. The van der Waals surface area contributed by atoms with Crippen molar-refractivity contribution >= 4 is 27.7 Å². The van der Waals surface area contributed by atoms with Crippen LogP contribution in [0.5, 0.6) is 0 Å². The molecule has 2 rings (SSSR count). The average Bonchev–Trinajstić information content (AvgIpc) is 2.43. The standard InChI is InChI=1S/C15H13BrFNO2/c1-10-13(16)7-12(17)8-14(10)18-15(19)20-9-11-5-3-2-4-6-11/h2-8H,9H2,1H3,(H,18,19). The van der Waals surface area contributed by atoms with E-state index in [1.807, 2.05) is 30.3 Å². The van der Waals surface area contributed by atoms with Crippen LogP contribution in [0.15, 0.2) is 46.9 Å². The van der Waals surface area contributed by atoms with E-state index in [0.717, 1.165) is 11.1 Å². The molecule has 0 aliphatic carbocycles. The van der Waals surface area contributed by atoms with Crippen molar-refractivity contribution in [1.29, 1.82) is 0 Å². The van der Waals surface area contributed by atoms with E-state index in [-0.39, 0.29) is 6.61 Å². The molecule has 0 unspecified atom stereocenters. The summed E-state index contributed by atoms with van der Waals surface area (Å²) in [5.74, 6) is -0.430. The number of carbonyl (C=O) groups is 1. The van der Waals surface area contributed by atoms with Crippen LogP contribution < -0.4 is 5.32 Å². The summed E-state index contributed by atoms with van der Waals surface area (Å²) < 4.78 is 19.0. The summed E-state index contributed by atoms with van der Waals surface area (Å²) in [6.45, 7) is 1.94. The number of amides is 1. The summed E-state index contributed by atoms with van der Waals surface area (Å²) in [5.41, 5.74) is 2.01. The monoisotopic (exact) mass is 337 g/mol. The second-order valence-electron chi connectivity index (χ2n) is 4.25. The van der Waals surface area contributed by atoms with Gasteiger partial charge in [0, 0.05) is 4.47 Å². The van der Waals surface area contributed by atoms with E-state index in [2.05, 4.69) is 21.2 Å². The van der Waals surface area contributed by atoms with Crippen molar-refractivity contribution in [1.82, 2.24) is 0 Å². The Morgan fingerprint density at radius 2 is 2.00 bits per heavy atom. The molecule has 104 valence electrons. The molecule has 0 bridgehead atoms. The lowest BCUT2D eigenvalue weighted by atomic mass is 10.2. The SMILES string of the molecule is Cc1c(Br)cc(F)cc1NC(=O)OCc1ccccc1. The van der Waals surface area contributed by atoms with Gasteiger partial charge in [-0.15, -0.1) is 0 Å². The van der Waals surface area contributed by atoms with E-state index in [0.29, 0.717) is 10.2 Å². The smallest absolute Gasteiger partial charge is 0.411 e. The zero-order valence-electron chi connectivity index (χ0n) is 10.8. The molecule has 3 nitrogen and oxygen atoms in total. The van der Waals surface area contributed by atoms with Crippen LogP contribution >= 0.6 is 15.9 Å². The number of halogens is 2. The van der Waals surface area contributed by atoms with Crippen LogP contribution in [0.3, 0.4) is 0 Å². The predicted octanol–water partition coefficient (Wildman–Crippen LogP) is 4.65. The van der Waals surface area contributed by atoms with Gasteiger partial charge >= 0.3 is 6.09 Å². The highest BCUT2D eigenvalue weighted by Crippen LogP contribution is 2.25. The second-order valence-corrected chi connectivity index (χ2v) is 5.10. The second kappa shape index (κ2) is 6.52. The van der Waals surface area contributed by atoms with Crippen molar-refractivity contribution in [3.63, 3.8) is 0 Å². The molecule has 0 heterocycles. The average molecular weight is 338 g/mol. The molecule has 0 saturated heterocycles. The van der Waals surface area contributed by atoms with Crippen molar-refractivity contribution in [3.8, 4) is 0 Å². The predicted molar refractivity (Wildman–Crippen MR) is 79.1 cm³/mol. The third kappa shape index (κ3) is 3.81. The van der Waals surface area contributed by atoms with Crippen molar-refractivity contribution in [2.45, 2.75) is 13.5 Å². The van der Waals surface area contributed by atoms with E-state index in [4.69, 9.17) is 4.74 Å². The minimum Gasteiger partial charge on any atom is -0.444 e. The fraction of sp³-hybridized carbons (Fsp3) is 0.133. The lowest BCUT2D eigenvalue weighted by Crippen LogP contribution is -2.14. The van der Waals surface area contributed by atoms with Crippen LogP contribution in [-0.2, 0) is 11.3 Å². The molecule has 1 N–H and O–H groups in total. The van der Waals surface area contributed by atoms with E-state index in [1.165, 1.54) is 12.1 Å². The van der Waals surface area contributed by atoms with Crippen molar-refractivity contribution in [2.24, 2.45) is 0 Å². The Morgan fingerprint density at radius 3 is 2.70 bits per heavy atom. The number of carbonyl (C=O) groups excluding carboxylic acids is 1. The molecule has 0 atom stereocenters. The first-order valence-corrected chi connectivity index (χ1v) is 6.79. The molecule has 0 aliphatic heterocycles. The van der Waals surface area contributed by atoms with Crippen molar-refractivity contribution in [2.75, 3.05) is 5.32 Å². The Morgan fingerprint density at radius 1 is 1.30 bits per heavy atom. The highest BCUT2D eigenvalue weighted by atomic mass is 79.9. The van der Waals surface area contributed by atoms with Crippen LogP contribution in [0.4, 0.5) is 14.9 Å². The Hall–Kier alpha value is -1.88. The van der Waals surface area contributed by atoms with Crippen molar-refractivity contribution < 1.29 is 13.9 Å². The lowest BCUT2D eigenvalue weighted by molar-refractivity contribution is 0.155. The zero-order valence-corrected chi connectivity index (χ0v) is 12.4. The summed E-state index contributed by atoms with van der Waals surface area (Å²) in [4.78, 5) is 11.7. The quantitative estimate of drug-likeness (QED) is 0.885. The van der Waals surface area contributed by atoms with E-state index >= 15 is 0 Å². The first-order valence-electron chi connectivity index (χ1n) is 5.99. The van der Waals surface area contributed by atoms with E-state index < -0.39 is 11.9 Å². The lowest BCUT2D eigenvalue weighted by Gasteiger charge is -2.10. The molecule has 0 saturated carbocycles. The van der Waals surface area contributed by atoms with E-state index in [1.54, 1.807) is 6.92 Å². The minimum absolute atomic E-state index is 0.169. The molecule has 2 aromatic carbocycles. The highest BCUT2D eigenvalue weighted by Gasteiger charge is 2.10. The summed E-state index contributed by atoms with van der Waals surface area (Å²) in [6.07, 6.45) is -0.616. The number of ether oxygens (including phenoxy) is 1.